The summed E-state index contributed by atoms with van der Waals surface area (Å²) >= 11 is 1.64. The largest absolute Gasteiger partial charge is 0.398 e. The summed E-state index contributed by atoms with van der Waals surface area (Å²) in [5, 5.41) is 8.87. The van der Waals surface area contributed by atoms with Crippen LogP contribution >= 0.6 is 11.3 Å². The molecule has 0 fully saturated rings. The zero-order valence-electron chi connectivity index (χ0n) is 8.36. The average molecular weight is 224 g/mol. The molecule has 2 aromatic heterocycles. The second-order valence-electron chi connectivity index (χ2n) is 3.14. The lowest BCUT2D eigenvalue weighted by atomic mass is 10.4. The summed E-state index contributed by atoms with van der Waals surface area (Å²) in [6.07, 6.45) is 0. The summed E-state index contributed by atoms with van der Waals surface area (Å²) < 4.78 is 4.96. The zero-order valence-corrected chi connectivity index (χ0v) is 9.17. The number of nitrogens with two attached hydrogens (primary N) is 1. The van der Waals surface area contributed by atoms with Gasteiger partial charge in [-0.15, -0.1) is 11.3 Å². The molecule has 6 heteroatoms. The van der Waals surface area contributed by atoms with Crippen molar-refractivity contribution in [1.82, 2.24) is 15.5 Å². The van der Waals surface area contributed by atoms with E-state index in [4.69, 9.17) is 10.3 Å². The van der Waals surface area contributed by atoms with E-state index in [0.717, 1.165) is 17.1 Å². The number of hydrogen-bond donors (Lipinski definition) is 2. The van der Waals surface area contributed by atoms with Gasteiger partial charge in [0.2, 0.25) is 5.89 Å². The molecule has 0 unspecified atom stereocenters. The van der Waals surface area contributed by atoms with Gasteiger partial charge >= 0.3 is 0 Å². The lowest BCUT2D eigenvalue weighted by Crippen LogP contribution is -2.12. The molecule has 2 heterocycles. The van der Waals surface area contributed by atoms with Gasteiger partial charge in [-0.1, -0.05) is 5.16 Å². The first kappa shape index (κ1) is 10.1. The van der Waals surface area contributed by atoms with Crippen molar-refractivity contribution in [3.05, 3.63) is 28.0 Å². The number of nitrogens with one attached hydrogen (secondary N) is 1. The molecular weight excluding hydrogens is 212 g/mol. The van der Waals surface area contributed by atoms with Crippen LogP contribution in [0.15, 0.2) is 16.0 Å². The molecule has 0 aliphatic heterocycles. The summed E-state index contributed by atoms with van der Waals surface area (Å²) in [7, 11) is 0. The van der Waals surface area contributed by atoms with E-state index in [0.29, 0.717) is 18.3 Å². The molecule has 0 aliphatic rings. The van der Waals surface area contributed by atoms with E-state index >= 15 is 0 Å². The molecule has 0 amide bonds. The van der Waals surface area contributed by atoms with E-state index in [-0.39, 0.29) is 0 Å². The number of nitrogen functional groups attached to an aromatic ring is 1. The average Bonchev–Trinajstić information content (AvgIpc) is 2.77. The van der Waals surface area contributed by atoms with Crippen molar-refractivity contribution < 1.29 is 4.52 Å². The molecule has 0 radical (unpaired) electrons. The number of anilines is 1. The fourth-order valence-electron chi connectivity index (χ4n) is 1.19. The van der Waals surface area contributed by atoms with Gasteiger partial charge in [0.05, 0.1) is 6.54 Å². The number of rotatable bonds is 4. The van der Waals surface area contributed by atoms with Crippen molar-refractivity contribution in [2.45, 2.75) is 20.0 Å². The van der Waals surface area contributed by atoms with E-state index in [2.05, 4.69) is 15.5 Å². The molecule has 2 aromatic rings. The minimum absolute atomic E-state index is 0.568. The van der Waals surface area contributed by atoms with E-state index in [1.165, 1.54) is 0 Å². The third-order valence-electron chi connectivity index (χ3n) is 1.91. The smallest absolute Gasteiger partial charge is 0.240 e. The van der Waals surface area contributed by atoms with E-state index in [1.54, 1.807) is 18.3 Å². The fraction of sp³-hybridized carbons (Fsp3) is 0.333. The number of hydrogen-bond acceptors (Lipinski definition) is 6. The Morgan fingerprint density at radius 1 is 1.53 bits per heavy atom. The maximum absolute atomic E-state index is 5.74. The molecule has 5 nitrogen and oxygen atoms in total. The van der Waals surface area contributed by atoms with Gasteiger partial charge in [0.25, 0.3) is 0 Å². The highest BCUT2D eigenvalue weighted by Crippen LogP contribution is 2.18. The standard InChI is InChI=1S/C9H12N4OS/c1-6-12-9(14-13-6)5-11-4-8-7(10)2-3-15-8/h2-3,11H,4-5,10H2,1H3. The van der Waals surface area contributed by atoms with E-state index in [1.807, 2.05) is 11.4 Å². The third-order valence-corrected chi connectivity index (χ3v) is 2.85. The van der Waals surface area contributed by atoms with Gasteiger partial charge in [0.15, 0.2) is 5.82 Å². The summed E-state index contributed by atoms with van der Waals surface area (Å²) in [5.74, 6) is 1.25. The van der Waals surface area contributed by atoms with Gasteiger partial charge in [0.1, 0.15) is 0 Å². The maximum Gasteiger partial charge on any atom is 0.240 e. The van der Waals surface area contributed by atoms with Crippen LogP contribution in [0.1, 0.15) is 16.6 Å². The minimum atomic E-state index is 0.568. The van der Waals surface area contributed by atoms with Gasteiger partial charge < -0.3 is 15.6 Å². The van der Waals surface area contributed by atoms with E-state index in [9.17, 15) is 0 Å². The molecule has 0 atom stereocenters. The van der Waals surface area contributed by atoms with Crippen molar-refractivity contribution >= 4 is 17.0 Å². The molecule has 2 rings (SSSR count). The summed E-state index contributed by atoms with van der Waals surface area (Å²) in [6.45, 7) is 3.09. The number of thiophene rings is 1. The molecule has 0 saturated heterocycles. The highest BCUT2D eigenvalue weighted by atomic mass is 32.1. The topological polar surface area (TPSA) is 77.0 Å². The van der Waals surface area contributed by atoms with Gasteiger partial charge in [0, 0.05) is 17.1 Å². The van der Waals surface area contributed by atoms with Crippen LogP contribution in [0.25, 0.3) is 0 Å². The second kappa shape index (κ2) is 4.41. The van der Waals surface area contributed by atoms with Crippen molar-refractivity contribution in [2.75, 3.05) is 5.73 Å². The maximum atomic E-state index is 5.74. The van der Waals surface area contributed by atoms with Crippen LogP contribution in [0.4, 0.5) is 5.69 Å². The molecule has 0 saturated carbocycles. The van der Waals surface area contributed by atoms with Crippen molar-refractivity contribution in [1.29, 1.82) is 0 Å². The normalized spacial score (nSPS) is 10.7. The van der Waals surface area contributed by atoms with Crippen molar-refractivity contribution in [3.63, 3.8) is 0 Å². The van der Waals surface area contributed by atoms with Crippen LogP contribution in [-0.2, 0) is 13.1 Å². The molecule has 0 spiro atoms. The Labute approximate surface area is 91.3 Å². The molecule has 0 bridgehead atoms. The van der Waals surface area contributed by atoms with Crippen LogP contribution in [0.2, 0.25) is 0 Å². The Balaban J connectivity index is 1.83. The van der Waals surface area contributed by atoms with Gasteiger partial charge in [-0.05, 0) is 18.4 Å². The zero-order chi connectivity index (χ0) is 10.7. The van der Waals surface area contributed by atoms with Crippen LogP contribution < -0.4 is 11.1 Å². The van der Waals surface area contributed by atoms with E-state index < -0.39 is 0 Å². The lowest BCUT2D eigenvalue weighted by molar-refractivity contribution is 0.364. The Morgan fingerprint density at radius 2 is 2.40 bits per heavy atom. The quantitative estimate of drug-likeness (QED) is 0.818. The monoisotopic (exact) mass is 224 g/mol. The first-order valence-corrected chi connectivity index (χ1v) is 5.45. The molecule has 0 aromatic carbocycles. The Hall–Kier alpha value is -1.40. The van der Waals surface area contributed by atoms with Crippen LogP contribution in [0.3, 0.4) is 0 Å². The first-order chi connectivity index (χ1) is 7.25. The minimum Gasteiger partial charge on any atom is -0.398 e. The first-order valence-electron chi connectivity index (χ1n) is 4.57. The third kappa shape index (κ3) is 2.54. The van der Waals surface area contributed by atoms with Crippen LogP contribution in [-0.4, -0.2) is 10.1 Å². The van der Waals surface area contributed by atoms with Crippen molar-refractivity contribution in [3.8, 4) is 0 Å². The highest BCUT2D eigenvalue weighted by Gasteiger charge is 2.03. The summed E-state index contributed by atoms with van der Waals surface area (Å²) in [5.41, 5.74) is 6.57. The molecule has 3 N–H and O–H groups in total. The molecular formula is C9H12N4OS. The van der Waals surface area contributed by atoms with Crippen molar-refractivity contribution in [2.24, 2.45) is 0 Å². The number of aromatic nitrogens is 2. The summed E-state index contributed by atoms with van der Waals surface area (Å²) in [4.78, 5) is 5.21. The van der Waals surface area contributed by atoms with Gasteiger partial charge in [-0.3, -0.25) is 0 Å². The number of aryl methyl sites for hydroxylation is 1. The Kier molecular flexibility index (Phi) is 2.98. The predicted molar refractivity (Wildman–Crippen MR) is 58.3 cm³/mol. The second-order valence-corrected chi connectivity index (χ2v) is 4.14. The van der Waals surface area contributed by atoms with Gasteiger partial charge in [-0.2, -0.15) is 4.98 Å². The molecule has 0 aliphatic carbocycles. The number of nitrogens with zero attached hydrogens (tertiary/aromatic N) is 2. The molecule has 80 valence electrons. The SMILES string of the molecule is Cc1noc(CNCc2sccc2N)n1. The lowest BCUT2D eigenvalue weighted by Gasteiger charge is -1.99. The highest BCUT2D eigenvalue weighted by molar-refractivity contribution is 7.10. The molecule has 15 heavy (non-hydrogen) atoms. The summed E-state index contributed by atoms with van der Waals surface area (Å²) in [6, 6.07) is 1.90. The Bertz CT molecular complexity index is 437. The van der Waals surface area contributed by atoms with Crippen LogP contribution in [0, 0.1) is 6.92 Å². The predicted octanol–water partition coefficient (Wildman–Crippen LogP) is 1.31. The van der Waals surface area contributed by atoms with Gasteiger partial charge in [-0.25, -0.2) is 0 Å². The Morgan fingerprint density at radius 3 is 3.00 bits per heavy atom. The fourth-order valence-corrected chi connectivity index (χ4v) is 1.96. The van der Waals surface area contributed by atoms with Crippen LogP contribution in [0.5, 0.6) is 0 Å².